The van der Waals surface area contributed by atoms with Gasteiger partial charge in [-0.3, -0.25) is 9.79 Å². The molecule has 9 rings (SSSR count). The number of rotatable bonds is 1. The van der Waals surface area contributed by atoms with Crippen molar-refractivity contribution in [2.75, 3.05) is 6.54 Å². The van der Waals surface area contributed by atoms with Gasteiger partial charge in [0.05, 0.1) is 30.5 Å². The number of hydrogen-bond donors (Lipinski definition) is 3. The Morgan fingerprint density at radius 2 is 1.55 bits per heavy atom. The molecule has 9 aliphatic rings. The lowest BCUT2D eigenvalue weighted by Gasteiger charge is -2.51. The van der Waals surface area contributed by atoms with Gasteiger partial charge in [0.2, 0.25) is 5.79 Å². The Kier molecular flexibility index (Phi) is 10.1. The van der Waals surface area contributed by atoms with Crippen LogP contribution in [0.5, 0.6) is 0 Å². The predicted molar refractivity (Wildman–Crippen MR) is 207 cm³/mol. The Labute approximate surface area is 332 Å². The van der Waals surface area contributed by atoms with Gasteiger partial charge < -0.3 is 43.7 Å². The van der Waals surface area contributed by atoms with E-state index < -0.39 is 53.5 Å². The number of cyclic esters (lactones) is 1. The van der Waals surface area contributed by atoms with Crippen molar-refractivity contribution in [3.63, 3.8) is 0 Å². The highest BCUT2D eigenvalue weighted by Gasteiger charge is 2.67. The third-order valence-electron chi connectivity index (χ3n) is 16.2. The number of carbonyl (C=O) groups excluding carboxylic acids is 1. The van der Waals surface area contributed by atoms with E-state index in [-0.39, 0.29) is 47.8 Å². The molecule has 3 N–H and O–H groups in total. The number of aliphatic hydroxyl groups is 3. The Hall–Kier alpha value is -1.70. The highest BCUT2D eigenvalue weighted by molar-refractivity contribution is 5.91. The van der Waals surface area contributed by atoms with E-state index in [1.807, 2.05) is 13.8 Å². The summed E-state index contributed by atoms with van der Waals surface area (Å²) in [6.45, 7) is 15.9. The molecule has 0 radical (unpaired) electrons. The second-order valence-electron chi connectivity index (χ2n) is 20.3. The summed E-state index contributed by atoms with van der Waals surface area (Å²) in [6.07, 6.45) is 9.09. The quantitative estimate of drug-likeness (QED) is 0.201. The maximum Gasteiger partial charge on any atom is 0.306 e. The van der Waals surface area contributed by atoms with Gasteiger partial charge in [-0.05, 0) is 100 Å². The molecule has 11 nitrogen and oxygen atoms in total. The number of carbonyl (C=O) groups is 1. The first kappa shape index (κ1) is 39.7. The van der Waals surface area contributed by atoms with Crippen molar-refractivity contribution in [1.29, 1.82) is 0 Å². The van der Waals surface area contributed by atoms with Crippen molar-refractivity contribution >= 4 is 11.7 Å². The van der Waals surface area contributed by atoms with Crippen LogP contribution in [-0.2, 0) is 33.2 Å². The molecule has 0 amide bonds. The molecule has 0 aromatic heterocycles. The fraction of sp³-hybridized carbons (Fsp3) is 0.867. The van der Waals surface area contributed by atoms with Crippen LogP contribution in [-0.4, -0.2) is 99.2 Å². The molecule has 312 valence electrons. The van der Waals surface area contributed by atoms with Gasteiger partial charge >= 0.3 is 5.97 Å². The second kappa shape index (κ2) is 14.2. The first-order valence-electron chi connectivity index (χ1n) is 22.1. The zero-order chi connectivity index (χ0) is 39.4. The highest BCUT2D eigenvalue weighted by atomic mass is 16.8. The smallest absolute Gasteiger partial charge is 0.306 e. The minimum absolute atomic E-state index is 0.122. The van der Waals surface area contributed by atoms with E-state index in [0.717, 1.165) is 56.2 Å². The van der Waals surface area contributed by atoms with Gasteiger partial charge in [0.1, 0.15) is 17.8 Å². The van der Waals surface area contributed by atoms with Gasteiger partial charge in [0, 0.05) is 62.1 Å². The van der Waals surface area contributed by atoms with Crippen LogP contribution in [0.4, 0.5) is 0 Å². The fourth-order valence-corrected chi connectivity index (χ4v) is 12.7. The first-order chi connectivity index (χ1) is 26.5. The van der Waals surface area contributed by atoms with E-state index in [2.05, 4.69) is 33.4 Å². The highest BCUT2D eigenvalue weighted by Crippen LogP contribution is 2.59. The molecule has 7 fully saturated rings. The van der Waals surface area contributed by atoms with Crippen LogP contribution in [0.2, 0.25) is 0 Å². The number of esters is 1. The van der Waals surface area contributed by atoms with Crippen LogP contribution >= 0.6 is 0 Å². The Morgan fingerprint density at radius 3 is 2.34 bits per heavy atom. The summed E-state index contributed by atoms with van der Waals surface area (Å²) in [5.41, 5.74) is 1.93. The van der Waals surface area contributed by atoms with Crippen LogP contribution < -0.4 is 0 Å². The van der Waals surface area contributed by atoms with Crippen molar-refractivity contribution < 1.29 is 48.5 Å². The van der Waals surface area contributed by atoms with Gasteiger partial charge in [-0.2, -0.15) is 0 Å². The molecule has 0 saturated carbocycles. The van der Waals surface area contributed by atoms with Crippen molar-refractivity contribution in [2.45, 2.75) is 203 Å². The van der Waals surface area contributed by atoms with E-state index in [1.54, 1.807) is 0 Å². The minimum atomic E-state index is -1.23. The number of aliphatic imine (C=N–C) groups is 1. The predicted octanol–water partition coefficient (Wildman–Crippen LogP) is 6.45. The minimum Gasteiger partial charge on any atom is -0.458 e. The van der Waals surface area contributed by atoms with Gasteiger partial charge in [0.15, 0.2) is 11.6 Å². The molecule has 0 aromatic carbocycles. The largest absolute Gasteiger partial charge is 0.458 e. The molecule has 7 bridgehead atoms. The lowest BCUT2D eigenvalue weighted by Crippen LogP contribution is -2.62. The molecule has 0 unspecified atom stereocenters. The molecule has 0 aromatic rings. The molecule has 7 saturated heterocycles. The number of ether oxygens (including phenoxy) is 6. The normalized spacial score (nSPS) is 53.6. The molecule has 11 heteroatoms. The molecular weight excluding hydrogens is 714 g/mol. The number of aliphatic hydroxyl groups excluding tert-OH is 2. The summed E-state index contributed by atoms with van der Waals surface area (Å²) in [5, 5.41) is 35.7. The molecular formula is C45H67NO10. The third kappa shape index (κ3) is 6.61. The van der Waals surface area contributed by atoms with E-state index in [0.29, 0.717) is 69.6 Å². The van der Waals surface area contributed by atoms with E-state index in [9.17, 15) is 20.1 Å². The SMILES string of the molecule is C=C1CCCC2=NC[C@H](C)[C@@H](C)C[C@@]23CCC([C@@H]2CCC(=O)O2)=C[C@@H]3[C@@H]2O[C@@]3(C[C@@H](C)[C@@H](O)[C@H]2O3)C[C@@H]2O[C@]3(CC[C@@]4(O[C@@H](CC[C@@]4(C)O)C1)O3)C[C@H](C)[C@@H]2O. The van der Waals surface area contributed by atoms with Gasteiger partial charge in [-0.25, -0.2) is 0 Å². The molecule has 8 aliphatic heterocycles. The number of nitrogens with zero attached hydrogens (tertiary/aromatic N) is 1. The van der Waals surface area contributed by atoms with Crippen LogP contribution in [0.1, 0.15) is 137 Å². The molecule has 1 aliphatic carbocycles. The standard InChI is InChI=1S/C45H67NO10/c1-25-8-7-9-35-42(20-26(2)29(5)24-46-35)15-12-30(33-10-11-36(47)51-33)19-32(42)39-40-38(49)28(4)22-44(54-39,55-40)23-34-37(48)27(3)21-43(53-34)16-17-45(56-43)41(6,50)14-13-31(18-25)52-45/h19,26-29,31-34,37-40,48-50H,1,7-18,20-24H2,2-6H3/t26-,27-,28+,29-,31-,32+,33-,34-,37-,38+,39-,40+,41+,42+,43-,44+,45+/m0/s1. The van der Waals surface area contributed by atoms with E-state index >= 15 is 0 Å². The molecule has 4 spiro atoms. The topological polar surface area (TPSA) is 146 Å². The van der Waals surface area contributed by atoms with Crippen molar-refractivity contribution in [3.8, 4) is 0 Å². The molecule has 17 atom stereocenters. The summed E-state index contributed by atoms with van der Waals surface area (Å²) in [6, 6.07) is 0. The lowest BCUT2D eigenvalue weighted by atomic mass is 9.57. The van der Waals surface area contributed by atoms with Crippen LogP contribution in [0.15, 0.2) is 28.8 Å². The zero-order valence-electron chi connectivity index (χ0n) is 34.4. The lowest BCUT2D eigenvalue weighted by molar-refractivity contribution is -0.411. The maximum absolute atomic E-state index is 12.4. The third-order valence-corrected chi connectivity index (χ3v) is 16.2. The van der Waals surface area contributed by atoms with E-state index in [1.165, 1.54) is 5.71 Å². The van der Waals surface area contributed by atoms with Crippen LogP contribution in [0.3, 0.4) is 0 Å². The summed E-state index contributed by atoms with van der Waals surface area (Å²) in [7, 11) is 0. The van der Waals surface area contributed by atoms with E-state index in [4.69, 9.17) is 33.4 Å². The summed E-state index contributed by atoms with van der Waals surface area (Å²) in [4.78, 5) is 17.9. The van der Waals surface area contributed by atoms with Gasteiger partial charge in [-0.1, -0.05) is 45.9 Å². The maximum atomic E-state index is 12.4. The monoisotopic (exact) mass is 781 g/mol. The Morgan fingerprint density at radius 1 is 0.786 bits per heavy atom. The number of hydrogen-bond acceptors (Lipinski definition) is 11. The van der Waals surface area contributed by atoms with Crippen molar-refractivity contribution in [3.05, 3.63) is 23.8 Å². The summed E-state index contributed by atoms with van der Waals surface area (Å²) in [5.74, 6) is -3.18. The fourth-order valence-electron chi connectivity index (χ4n) is 12.7. The van der Waals surface area contributed by atoms with Crippen molar-refractivity contribution in [2.24, 2.45) is 40.0 Å². The first-order valence-corrected chi connectivity index (χ1v) is 22.1. The Bertz CT molecular complexity index is 1630. The average Bonchev–Trinajstić information content (AvgIpc) is 3.81. The van der Waals surface area contributed by atoms with Crippen molar-refractivity contribution in [1.82, 2.24) is 0 Å². The van der Waals surface area contributed by atoms with Gasteiger partial charge in [-0.15, -0.1) is 0 Å². The van der Waals surface area contributed by atoms with Crippen LogP contribution in [0, 0.1) is 35.0 Å². The number of fused-ring (bicyclic) bond motifs is 6. The summed E-state index contributed by atoms with van der Waals surface area (Å²) >= 11 is 0. The van der Waals surface area contributed by atoms with Crippen LogP contribution in [0.25, 0.3) is 0 Å². The Balaban J connectivity index is 1.14. The average molecular weight is 782 g/mol. The molecule has 8 heterocycles. The summed E-state index contributed by atoms with van der Waals surface area (Å²) < 4.78 is 41.1. The van der Waals surface area contributed by atoms with Gasteiger partial charge in [0.25, 0.3) is 0 Å². The second-order valence-corrected chi connectivity index (χ2v) is 20.3. The molecule has 56 heavy (non-hydrogen) atoms. The zero-order valence-corrected chi connectivity index (χ0v) is 34.4.